The van der Waals surface area contributed by atoms with Gasteiger partial charge in [0, 0.05) is 28.6 Å². The third-order valence-corrected chi connectivity index (χ3v) is 7.97. The molecule has 0 bridgehead atoms. The fourth-order valence-corrected chi connectivity index (χ4v) is 6.01. The van der Waals surface area contributed by atoms with Gasteiger partial charge in [0.05, 0.1) is 17.2 Å². The van der Waals surface area contributed by atoms with Gasteiger partial charge in [-0.25, -0.2) is 8.78 Å². The Morgan fingerprint density at radius 3 is 2.51 bits per heavy atom. The van der Waals surface area contributed by atoms with E-state index in [0.717, 1.165) is 27.3 Å². The Morgan fingerprint density at radius 1 is 0.973 bits per heavy atom. The van der Waals surface area contributed by atoms with Crippen LogP contribution >= 0.6 is 11.8 Å². The van der Waals surface area contributed by atoms with Crippen LogP contribution < -0.4 is 4.90 Å². The molecule has 3 aromatic rings. The van der Waals surface area contributed by atoms with Gasteiger partial charge in [0.15, 0.2) is 0 Å². The number of hydrogen-bond donors (Lipinski definition) is 0. The second kappa shape index (κ2) is 9.25. The normalized spacial score (nSPS) is 18.0. The minimum Gasteiger partial charge on any atom is -0.381 e. The third-order valence-electron chi connectivity index (χ3n) is 7.01. The van der Waals surface area contributed by atoms with Crippen LogP contribution in [0.3, 0.4) is 0 Å². The van der Waals surface area contributed by atoms with Crippen molar-refractivity contribution < 1.29 is 18.3 Å². The van der Waals surface area contributed by atoms with E-state index in [4.69, 9.17) is 4.74 Å². The number of nitrogens with zero attached hydrogens (tertiary/aromatic N) is 3. The second-order valence-corrected chi connectivity index (χ2v) is 10.4. The van der Waals surface area contributed by atoms with Crippen LogP contribution in [0.2, 0.25) is 0 Å². The van der Waals surface area contributed by atoms with Gasteiger partial charge in [-0.15, -0.1) is 0 Å². The Kier molecular flexibility index (Phi) is 5.90. The molecule has 0 aliphatic carbocycles. The number of carbonyl (C=O) groups is 1. The van der Waals surface area contributed by atoms with Gasteiger partial charge in [-0.3, -0.25) is 4.79 Å². The average Bonchev–Trinajstić information content (AvgIpc) is 3.29. The molecular weight excluding hydrogens is 492 g/mol. The van der Waals surface area contributed by atoms with Crippen molar-refractivity contribution in [2.75, 3.05) is 24.7 Å². The summed E-state index contributed by atoms with van der Waals surface area (Å²) in [5.74, 6) is -0.401. The van der Waals surface area contributed by atoms with Crippen molar-refractivity contribution in [1.82, 2.24) is 0 Å². The predicted molar refractivity (Wildman–Crippen MR) is 138 cm³/mol. The quantitative estimate of drug-likeness (QED) is 0.436. The summed E-state index contributed by atoms with van der Waals surface area (Å²) in [4.78, 5) is 19.7. The molecule has 1 amide bonds. The lowest BCUT2D eigenvalue weighted by Crippen LogP contribution is -2.32. The van der Waals surface area contributed by atoms with Gasteiger partial charge in [0.25, 0.3) is 5.91 Å². The topological polar surface area (TPSA) is 65.7 Å². The molecule has 6 rings (SSSR count). The fraction of sp³-hybridized carbons (Fsp3) is 0.207. The van der Waals surface area contributed by atoms with E-state index in [9.17, 15) is 18.8 Å². The minimum atomic E-state index is -0.762. The number of hydrogen-bond acceptors (Lipinski definition) is 5. The molecule has 1 saturated heterocycles. The molecule has 3 heterocycles. The minimum absolute atomic E-state index is 0.139. The molecule has 3 aliphatic heterocycles. The molecule has 3 aliphatic rings. The van der Waals surface area contributed by atoms with Gasteiger partial charge in [0.2, 0.25) is 0 Å². The number of aliphatic imine (C=N–C) groups is 1. The van der Waals surface area contributed by atoms with Crippen molar-refractivity contribution in [3.05, 3.63) is 95.1 Å². The zero-order valence-electron chi connectivity index (χ0n) is 19.7. The van der Waals surface area contributed by atoms with Gasteiger partial charge in [-0.2, -0.15) is 10.3 Å². The molecule has 1 fully saturated rings. The molecular formula is C29H21F2N3O2S. The van der Waals surface area contributed by atoms with Gasteiger partial charge in [-0.1, -0.05) is 30.0 Å². The molecule has 0 aromatic heterocycles. The molecule has 0 N–H and O–H groups in total. The molecule has 3 aromatic carbocycles. The highest BCUT2D eigenvalue weighted by Gasteiger charge is 2.35. The van der Waals surface area contributed by atoms with Crippen LogP contribution in [0.15, 0.2) is 81.5 Å². The lowest BCUT2D eigenvalue weighted by atomic mass is 9.75. The van der Waals surface area contributed by atoms with Crippen LogP contribution in [0.4, 0.5) is 14.5 Å². The largest absolute Gasteiger partial charge is 0.381 e. The van der Waals surface area contributed by atoms with E-state index in [0.29, 0.717) is 42.3 Å². The molecule has 0 saturated carbocycles. The Morgan fingerprint density at radius 2 is 1.76 bits per heavy atom. The van der Waals surface area contributed by atoms with E-state index in [1.54, 1.807) is 12.1 Å². The van der Waals surface area contributed by atoms with Crippen molar-refractivity contribution in [2.24, 2.45) is 4.99 Å². The maximum atomic E-state index is 14.7. The number of amidine groups is 1. The second-order valence-electron chi connectivity index (χ2n) is 9.28. The van der Waals surface area contributed by atoms with Crippen LogP contribution in [0.1, 0.15) is 29.5 Å². The summed E-state index contributed by atoms with van der Waals surface area (Å²) in [5.41, 5.74) is 3.28. The van der Waals surface area contributed by atoms with Crippen molar-refractivity contribution >= 4 is 34.8 Å². The van der Waals surface area contributed by atoms with Crippen molar-refractivity contribution in [3.63, 3.8) is 0 Å². The van der Waals surface area contributed by atoms with Gasteiger partial charge >= 0.3 is 0 Å². The first-order chi connectivity index (χ1) is 17.9. The number of rotatable bonds is 4. The Hall–Kier alpha value is -3.80. The number of benzene rings is 3. The molecule has 5 nitrogen and oxygen atoms in total. The zero-order valence-corrected chi connectivity index (χ0v) is 20.5. The van der Waals surface area contributed by atoms with E-state index in [2.05, 4.69) is 11.1 Å². The van der Waals surface area contributed by atoms with Gasteiger partial charge in [0.1, 0.15) is 24.0 Å². The van der Waals surface area contributed by atoms with E-state index >= 15 is 0 Å². The Balaban J connectivity index is 1.37. The van der Waals surface area contributed by atoms with Crippen LogP contribution in [0.5, 0.6) is 0 Å². The van der Waals surface area contributed by atoms with Crippen LogP contribution in [-0.4, -0.2) is 31.5 Å². The van der Waals surface area contributed by atoms with Crippen molar-refractivity contribution in [3.8, 4) is 6.07 Å². The van der Waals surface area contributed by atoms with E-state index in [1.165, 1.54) is 36.0 Å². The molecule has 8 heteroatoms. The highest BCUT2D eigenvalue weighted by atomic mass is 32.2. The maximum Gasteiger partial charge on any atom is 0.267 e. The smallest absolute Gasteiger partial charge is 0.267 e. The molecule has 0 atom stereocenters. The number of halogens is 2. The van der Waals surface area contributed by atoms with E-state index in [-0.39, 0.29) is 24.1 Å². The van der Waals surface area contributed by atoms with Crippen LogP contribution in [0.25, 0.3) is 5.57 Å². The first-order valence-corrected chi connectivity index (χ1v) is 12.7. The summed E-state index contributed by atoms with van der Waals surface area (Å²) in [6.07, 6.45) is 2.90. The number of ether oxygens (including phenoxy) is 1. The summed E-state index contributed by atoms with van der Waals surface area (Å²) < 4.78 is 33.7. The molecule has 37 heavy (non-hydrogen) atoms. The summed E-state index contributed by atoms with van der Waals surface area (Å²) in [6, 6.07) is 19.3. The van der Waals surface area contributed by atoms with Crippen LogP contribution in [0, 0.1) is 23.0 Å². The fourth-order valence-electron chi connectivity index (χ4n) is 5.08. The zero-order chi connectivity index (χ0) is 25.6. The summed E-state index contributed by atoms with van der Waals surface area (Å²) >= 11 is 1.39. The molecule has 0 unspecified atom stereocenters. The van der Waals surface area contributed by atoms with Crippen LogP contribution in [-0.2, 0) is 14.9 Å². The lowest BCUT2D eigenvalue weighted by molar-refractivity contribution is -0.115. The number of amides is 1. The Labute approximate surface area is 217 Å². The number of anilines is 1. The maximum absolute atomic E-state index is 14.7. The highest BCUT2D eigenvalue weighted by molar-refractivity contribution is 7.99. The van der Waals surface area contributed by atoms with Gasteiger partial charge < -0.3 is 9.64 Å². The summed E-state index contributed by atoms with van der Waals surface area (Å²) in [6.45, 7) is 1.08. The lowest BCUT2D eigenvalue weighted by Gasteiger charge is -2.31. The van der Waals surface area contributed by atoms with Crippen molar-refractivity contribution in [1.29, 1.82) is 5.26 Å². The average molecular weight is 514 g/mol. The summed E-state index contributed by atoms with van der Waals surface area (Å²) in [5, 5.41) is 9.94. The first-order valence-electron chi connectivity index (χ1n) is 11.9. The van der Waals surface area contributed by atoms with Crippen molar-refractivity contribution in [2.45, 2.75) is 28.0 Å². The number of nitriles is 1. The standard InChI is InChI=1S/C29H21F2N3O2S/c30-20-3-1-18(2-4-20)25-15-27-33-28(35)16-34(27)26-14-22(5-6-24(25)26)37-23-12-19(11-21(31)13-23)29(17-32)7-9-36-10-8-29/h1-6,11-15H,7-10,16H2. The third kappa shape index (κ3) is 4.35. The SMILES string of the molecule is N#CC1(c2cc(F)cc(Sc3ccc4c(c3)N3CC(=O)N=C3C=C4c3ccc(F)cc3)c2)CCOCC1. The number of fused-ring (bicyclic) bond motifs is 3. The molecule has 0 spiro atoms. The monoisotopic (exact) mass is 513 g/mol. The van der Waals surface area contributed by atoms with Gasteiger partial charge in [-0.05, 0) is 78.1 Å². The predicted octanol–water partition coefficient (Wildman–Crippen LogP) is 5.88. The summed E-state index contributed by atoms with van der Waals surface area (Å²) in [7, 11) is 0. The Bertz CT molecular complexity index is 1520. The highest BCUT2D eigenvalue weighted by Crippen LogP contribution is 2.42. The van der Waals surface area contributed by atoms with E-state index in [1.807, 2.05) is 35.2 Å². The molecule has 184 valence electrons. The number of carbonyl (C=O) groups excluding carboxylic acids is 1. The van der Waals surface area contributed by atoms with E-state index < -0.39 is 5.41 Å². The first kappa shape index (κ1) is 23.6. The molecule has 0 radical (unpaired) electrons.